The number of likely N-dealkylation sites (tertiary alicyclic amines) is 1. The molecule has 6 atom stereocenters. The molecule has 1 N–H and O–H groups in total. The number of aliphatic hydroxyl groups is 1. The number of para-hydroxylation sites is 1. The van der Waals surface area contributed by atoms with Crippen LogP contribution in [0.5, 0.6) is 0 Å². The van der Waals surface area contributed by atoms with E-state index < -0.39 is 39.4 Å². The van der Waals surface area contributed by atoms with E-state index in [0.717, 1.165) is 11.0 Å². The number of amides is 2. The first-order valence-corrected chi connectivity index (χ1v) is 12.8. The van der Waals surface area contributed by atoms with Crippen LogP contribution in [0.2, 0.25) is 0 Å². The van der Waals surface area contributed by atoms with Gasteiger partial charge in [0.15, 0.2) is 0 Å². The van der Waals surface area contributed by atoms with E-state index >= 15 is 0 Å². The Balaban J connectivity index is 1.44. The molecule has 1 spiro atoms. The number of hydrogen-bond acceptors (Lipinski definition) is 8. The summed E-state index contributed by atoms with van der Waals surface area (Å²) in [5.74, 6) is -2.51. The summed E-state index contributed by atoms with van der Waals surface area (Å²) in [4.78, 5) is 44.5. The normalized spacial score (nSPS) is 34.3. The number of nitrogens with zero attached hydrogens (tertiary/aromatic N) is 5. The summed E-state index contributed by atoms with van der Waals surface area (Å²) in [5.41, 5.74) is 1.52. The van der Waals surface area contributed by atoms with Crippen LogP contribution in [0.1, 0.15) is 13.8 Å². The average molecular weight is 510 g/mol. The first-order chi connectivity index (χ1) is 17.3. The van der Waals surface area contributed by atoms with Gasteiger partial charge in [-0.25, -0.2) is 4.68 Å². The maximum atomic E-state index is 14.3. The summed E-state index contributed by atoms with van der Waals surface area (Å²) in [6.45, 7) is 3.99. The fraction of sp³-hybridized carbons (Fsp3) is 0.480. The number of carbonyl (C=O) groups is 3. The quantitative estimate of drug-likeness (QED) is 0.479. The molecule has 1 aromatic heterocycles. The molecule has 11 heteroatoms. The molecule has 2 saturated heterocycles. The summed E-state index contributed by atoms with van der Waals surface area (Å²) < 4.78 is 5.42. The molecule has 0 bridgehead atoms. The second kappa shape index (κ2) is 8.17. The predicted octanol–water partition coefficient (Wildman–Crippen LogP) is 0.968. The summed E-state index contributed by atoms with van der Waals surface area (Å²) in [6.07, 6.45) is 7.59. The lowest BCUT2D eigenvalue weighted by Crippen LogP contribution is -2.56. The summed E-state index contributed by atoms with van der Waals surface area (Å²) in [5, 5.41) is 18.4. The number of aromatic nitrogens is 3. The summed E-state index contributed by atoms with van der Waals surface area (Å²) in [7, 11) is 0. The lowest BCUT2D eigenvalue weighted by molar-refractivity contribution is -0.153. The Morgan fingerprint density at radius 2 is 1.97 bits per heavy atom. The van der Waals surface area contributed by atoms with E-state index in [1.54, 1.807) is 22.6 Å². The number of esters is 1. The summed E-state index contributed by atoms with van der Waals surface area (Å²) >= 11 is 1.48. The van der Waals surface area contributed by atoms with Gasteiger partial charge < -0.3 is 19.6 Å². The number of rotatable bonds is 4. The van der Waals surface area contributed by atoms with Gasteiger partial charge in [0, 0.05) is 11.3 Å². The van der Waals surface area contributed by atoms with Crippen molar-refractivity contribution in [2.75, 3.05) is 19.8 Å². The van der Waals surface area contributed by atoms with Crippen molar-refractivity contribution in [3.63, 3.8) is 0 Å². The van der Waals surface area contributed by atoms with Crippen LogP contribution in [0, 0.1) is 11.8 Å². The van der Waals surface area contributed by atoms with Crippen LogP contribution in [-0.4, -0.2) is 89.0 Å². The number of benzene rings is 1. The van der Waals surface area contributed by atoms with Crippen molar-refractivity contribution in [1.29, 1.82) is 0 Å². The van der Waals surface area contributed by atoms with Crippen molar-refractivity contribution < 1.29 is 24.2 Å². The largest absolute Gasteiger partial charge is 0.461 e. The second-order valence-corrected chi connectivity index (χ2v) is 11.8. The number of thioether (sulfide) groups is 1. The zero-order valence-electron chi connectivity index (χ0n) is 20.0. The SMILES string of the molecule is C[C@H](CO)N1C(=O)[C@@H]2[C@@H]3C(=O)OCC=C[C@]3(C)S[C@@]23C=CCN(Cn2nnc4ccccc42)C(=O)C13. The molecule has 5 heterocycles. The first-order valence-electron chi connectivity index (χ1n) is 12.0. The monoisotopic (exact) mass is 509 g/mol. The molecule has 2 fully saturated rings. The number of cyclic esters (lactones) is 1. The third kappa shape index (κ3) is 3.11. The molecule has 2 aromatic rings. The van der Waals surface area contributed by atoms with E-state index in [-0.39, 0.29) is 31.7 Å². The van der Waals surface area contributed by atoms with Crippen molar-refractivity contribution in [2.45, 2.75) is 42.1 Å². The lowest BCUT2D eigenvalue weighted by atomic mass is 9.75. The zero-order valence-corrected chi connectivity index (χ0v) is 20.8. The van der Waals surface area contributed by atoms with Crippen molar-refractivity contribution >= 4 is 40.6 Å². The maximum Gasteiger partial charge on any atom is 0.311 e. The standard InChI is InChI=1S/C25H27N5O5S/c1-15(13-31)30-20-22(33)28(14-29-17-8-4-3-7-16(17)26-27-29)11-5-10-25(20)18(21(30)32)19-23(34)35-12-6-9-24(19,2)36-25/h3-10,15,18-20,31H,11-14H2,1-2H3/t15-,18+,19-,20?,24+,25+/m1/s1. The predicted molar refractivity (Wildman–Crippen MR) is 131 cm³/mol. The molecule has 0 radical (unpaired) electrons. The lowest BCUT2D eigenvalue weighted by Gasteiger charge is -2.38. The van der Waals surface area contributed by atoms with Crippen molar-refractivity contribution in [3.8, 4) is 0 Å². The summed E-state index contributed by atoms with van der Waals surface area (Å²) in [6, 6.07) is 6.03. The van der Waals surface area contributed by atoms with Gasteiger partial charge in [-0.15, -0.1) is 16.9 Å². The van der Waals surface area contributed by atoms with Crippen LogP contribution in [-0.2, 0) is 25.8 Å². The van der Waals surface area contributed by atoms with Crippen LogP contribution in [0.4, 0.5) is 0 Å². The minimum absolute atomic E-state index is 0.157. The molecule has 10 nitrogen and oxygen atoms in total. The number of fused-ring (bicyclic) bond motifs is 3. The van der Waals surface area contributed by atoms with Gasteiger partial charge in [-0.1, -0.05) is 35.6 Å². The Morgan fingerprint density at radius 3 is 2.78 bits per heavy atom. The first kappa shape index (κ1) is 23.2. The number of hydrogen-bond donors (Lipinski definition) is 1. The molecular formula is C25H27N5O5S. The minimum Gasteiger partial charge on any atom is -0.461 e. The molecule has 6 rings (SSSR count). The van der Waals surface area contributed by atoms with Gasteiger partial charge in [0.05, 0.1) is 34.7 Å². The van der Waals surface area contributed by atoms with Crippen LogP contribution in [0.15, 0.2) is 48.6 Å². The van der Waals surface area contributed by atoms with Crippen molar-refractivity contribution in [1.82, 2.24) is 24.8 Å². The van der Waals surface area contributed by atoms with Crippen LogP contribution in [0.25, 0.3) is 11.0 Å². The van der Waals surface area contributed by atoms with Gasteiger partial charge >= 0.3 is 5.97 Å². The number of ether oxygens (including phenoxy) is 1. The van der Waals surface area contributed by atoms with Crippen molar-refractivity contribution in [2.24, 2.45) is 11.8 Å². The fourth-order valence-electron chi connectivity index (χ4n) is 6.21. The highest BCUT2D eigenvalue weighted by molar-refractivity contribution is 8.02. The van der Waals surface area contributed by atoms with E-state index in [4.69, 9.17) is 4.74 Å². The molecule has 1 unspecified atom stereocenters. The Morgan fingerprint density at radius 1 is 1.17 bits per heavy atom. The molecule has 0 aliphatic carbocycles. The molecule has 2 amide bonds. The number of aliphatic hydroxyl groups excluding tert-OH is 1. The van der Waals surface area contributed by atoms with Gasteiger partial charge in [0.2, 0.25) is 11.8 Å². The van der Waals surface area contributed by atoms with E-state index in [1.165, 1.54) is 16.7 Å². The van der Waals surface area contributed by atoms with E-state index in [2.05, 4.69) is 10.3 Å². The Bertz CT molecular complexity index is 1320. The van der Waals surface area contributed by atoms with Crippen molar-refractivity contribution in [3.05, 3.63) is 48.6 Å². The van der Waals surface area contributed by atoms with Gasteiger partial charge in [0.1, 0.15) is 24.8 Å². The van der Waals surface area contributed by atoms with Crippen LogP contribution in [0.3, 0.4) is 0 Å². The van der Waals surface area contributed by atoms with E-state index in [0.29, 0.717) is 6.54 Å². The van der Waals surface area contributed by atoms with Crippen LogP contribution < -0.4 is 0 Å². The molecule has 1 aromatic carbocycles. The van der Waals surface area contributed by atoms with Gasteiger partial charge in [-0.2, -0.15) is 0 Å². The fourth-order valence-corrected chi connectivity index (χ4v) is 8.35. The molecule has 36 heavy (non-hydrogen) atoms. The molecular weight excluding hydrogens is 482 g/mol. The maximum absolute atomic E-state index is 14.3. The van der Waals surface area contributed by atoms with Gasteiger partial charge in [0.25, 0.3) is 0 Å². The minimum atomic E-state index is -0.975. The highest BCUT2D eigenvalue weighted by Gasteiger charge is 2.74. The van der Waals surface area contributed by atoms with Crippen LogP contribution >= 0.6 is 11.8 Å². The van der Waals surface area contributed by atoms with E-state index in [9.17, 15) is 19.5 Å². The van der Waals surface area contributed by atoms with Gasteiger partial charge in [-0.05, 0) is 32.1 Å². The zero-order chi connectivity index (χ0) is 25.2. The smallest absolute Gasteiger partial charge is 0.311 e. The molecule has 4 aliphatic rings. The average Bonchev–Trinajstić information content (AvgIpc) is 3.39. The highest BCUT2D eigenvalue weighted by atomic mass is 32.2. The molecule has 188 valence electrons. The van der Waals surface area contributed by atoms with Gasteiger partial charge in [-0.3, -0.25) is 14.4 Å². The molecule has 4 aliphatic heterocycles. The molecule has 0 saturated carbocycles. The second-order valence-electron chi connectivity index (χ2n) is 9.99. The topological polar surface area (TPSA) is 118 Å². The van der Waals surface area contributed by atoms with E-state index in [1.807, 2.05) is 49.4 Å². The third-order valence-corrected chi connectivity index (χ3v) is 9.59. The number of carbonyl (C=O) groups excluding carboxylic acids is 3. The Kier molecular flexibility index (Phi) is 5.27. The third-order valence-electron chi connectivity index (χ3n) is 7.80. The Labute approximate surface area is 211 Å². The Hall–Kier alpha value is -3.18. The highest BCUT2D eigenvalue weighted by Crippen LogP contribution is 2.65.